The van der Waals surface area contributed by atoms with Gasteiger partial charge in [-0.1, -0.05) is 45.8 Å². The second kappa shape index (κ2) is 6.23. The Morgan fingerprint density at radius 2 is 1.68 bits per heavy atom. The van der Waals surface area contributed by atoms with E-state index in [1.54, 1.807) is 36.4 Å². The molecule has 7 heteroatoms. The molecule has 5 nitrogen and oxygen atoms in total. The molecular weight excluding hydrogens is 408 g/mol. The second-order valence-electron chi connectivity index (χ2n) is 6.31. The first-order valence-electron chi connectivity index (χ1n) is 7.65. The van der Waals surface area contributed by atoms with Crippen molar-refractivity contribution >= 4 is 31.7 Å². The standard InChI is InChI=1S/C18H17BrO5S/c1-11-2-8-14(9-3-11)25(23,24)16-15(18(16,10-20)17(21)22)12-4-6-13(19)7-5-12/h2-9,15-16,20H,10H2,1H3,(H,21,22)/t15-,16-,18+/m1/s1. The number of aryl methyl sites for hydroxylation is 1. The number of aliphatic hydroxyl groups excluding tert-OH is 1. The van der Waals surface area contributed by atoms with Crippen molar-refractivity contribution in [3.8, 4) is 0 Å². The van der Waals surface area contributed by atoms with Crippen LogP contribution in [0.2, 0.25) is 0 Å². The third kappa shape index (κ3) is 2.80. The van der Waals surface area contributed by atoms with E-state index >= 15 is 0 Å². The summed E-state index contributed by atoms with van der Waals surface area (Å²) in [6.45, 7) is 1.10. The highest BCUT2D eigenvalue weighted by Gasteiger charge is 2.75. The smallest absolute Gasteiger partial charge is 0.314 e. The Kier molecular flexibility index (Phi) is 4.51. The van der Waals surface area contributed by atoms with E-state index in [0.29, 0.717) is 5.56 Å². The van der Waals surface area contributed by atoms with Crippen LogP contribution in [0.1, 0.15) is 17.0 Å². The molecule has 25 heavy (non-hydrogen) atoms. The average Bonchev–Trinajstić information content (AvgIpc) is 3.27. The highest BCUT2D eigenvalue weighted by atomic mass is 79.9. The summed E-state index contributed by atoms with van der Waals surface area (Å²) in [5, 5.41) is 18.3. The summed E-state index contributed by atoms with van der Waals surface area (Å²) in [6.07, 6.45) is 0. The number of hydrogen-bond acceptors (Lipinski definition) is 4. The number of carboxylic acid groups (broad SMARTS) is 1. The summed E-state index contributed by atoms with van der Waals surface area (Å²) >= 11 is 3.30. The van der Waals surface area contributed by atoms with Gasteiger partial charge in [0.1, 0.15) is 5.41 Å². The third-order valence-corrected chi connectivity index (χ3v) is 7.65. The lowest BCUT2D eigenvalue weighted by Gasteiger charge is -2.09. The molecule has 2 aromatic carbocycles. The number of carboxylic acids is 1. The average molecular weight is 425 g/mol. The highest BCUT2D eigenvalue weighted by molar-refractivity contribution is 9.10. The molecular formula is C18H17BrO5S. The van der Waals surface area contributed by atoms with Crippen LogP contribution in [0.25, 0.3) is 0 Å². The maximum Gasteiger partial charge on any atom is 0.314 e. The molecule has 3 atom stereocenters. The number of aliphatic hydroxyl groups is 1. The maximum absolute atomic E-state index is 13.1. The lowest BCUT2D eigenvalue weighted by atomic mass is 10.0. The first kappa shape index (κ1) is 18.1. The van der Waals surface area contributed by atoms with Crippen LogP contribution in [-0.4, -0.2) is 36.5 Å². The van der Waals surface area contributed by atoms with E-state index in [4.69, 9.17) is 0 Å². The van der Waals surface area contributed by atoms with E-state index in [-0.39, 0.29) is 4.90 Å². The summed E-state index contributed by atoms with van der Waals surface area (Å²) in [5.74, 6) is -2.10. The summed E-state index contributed by atoms with van der Waals surface area (Å²) < 4.78 is 26.9. The zero-order valence-electron chi connectivity index (χ0n) is 13.4. The molecule has 2 N–H and O–H groups in total. The van der Waals surface area contributed by atoms with Gasteiger partial charge >= 0.3 is 5.97 Å². The van der Waals surface area contributed by atoms with Gasteiger partial charge in [-0.05, 0) is 36.8 Å². The van der Waals surface area contributed by atoms with E-state index in [9.17, 15) is 23.4 Å². The van der Waals surface area contributed by atoms with Gasteiger partial charge in [-0.15, -0.1) is 0 Å². The first-order valence-corrected chi connectivity index (χ1v) is 9.99. The molecule has 0 aliphatic heterocycles. The van der Waals surface area contributed by atoms with Crippen LogP contribution < -0.4 is 0 Å². The molecule has 0 saturated heterocycles. The lowest BCUT2D eigenvalue weighted by molar-refractivity contribution is -0.145. The van der Waals surface area contributed by atoms with E-state index in [2.05, 4.69) is 15.9 Å². The molecule has 0 unspecified atom stereocenters. The number of aliphatic carboxylic acids is 1. The Morgan fingerprint density at radius 1 is 1.12 bits per heavy atom. The summed E-state index contributed by atoms with van der Waals surface area (Å²) in [6, 6.07) is 13.1. The topological polar surface area (TPSA) is 91.7 Å². The van der Waals surface area contributed by atoms with Gasteiger partial charge in [0, 0.05) is 10.4 Å². The minimum Gasteiger partial charge on any atom is -0.481 e. The fourth-order valence-corrected chi connectivity index (χ4v) is 6.02. The predicted molar refractivity (Wildman–Crippen MR) is 96.2 cm³/mol. The van der Waals surface area contributed by atoms with Crippen molar-refractivity contribution in [3.63, 3.8) is 0 Å². The zero-order valence-corrected chi connectivity index (χ0v) is 15.8. The number of sulfone groups is 1. The summed E-state index contributed by atoms with van der Waals surface area (Å²) in [5.41, 5.74) is -0.233. The van der Waals surface area contributed by atoms with Gasteiger partial charge in [-0.2, -0.15) is 0 Å². The molecule has 0 aromatic heterocycles. The second-order valence-corrected chi connectivity index (χ2v) is 9.30. The number of carbonyl (C=O) groups is 1. The molecule has 0 amide bonds. The largest absolute Gasteiger partial charge is 0.481 e. The van der Waals surface area contributed by atoms with Gasteiger partial charge in [0.05, 0.1) is 16.8 Å². The van der Waals surface area contributed by atoms with Gasteiger partial charge in [-0.3, -0.25) is 4.79 Å². The summed E-state index contributed by atoms with van der Waals surface area (Å²) in [4.78, 5) is 11.9. The molecule has 0 radical (unpaired) electrons. The van der Waals surface area contributed by atoms with Crippen molar-refractivity contribution in [1.29, 1.82) is 0 Å². The number of hydrogen-bond donors (Lipinski definition) is 2. The van der Waals surface area contributed by atoms with E-state index in [0.717, 1.165) is 10.0 Å². The molecule has 3 rings (SSSR count). The monoisotopic (exact) mass is 424 g/mol. The Labute approximate surface area is 154 Å². The molecule has 1 saturated carbocycles. The zero-order chi connectivity index (χ0) is 18.4. The van der Waals surface area contributed by atoms with Crippen molar-refractivity contribution in [3.05, 3.63) is 64.1 Å². The Bertz CT molecular complexity index is 905. The van der Waals surface area contributed by atoms with Crippen LogP contribution in [0, 0.1) is 12.3 Å². The summed E-state index contributed by atoms with van der Waals surface area (Å²) in [7, 11) is -3.91. The van der Waals surface area contributed by atoms with Crippen LogP contribution in [-0.2, 0) is 14.6 Å². The number of rotatable bonds is 5. The van der Waals surface area contributed by atoms with Crippen molar-refractivity contribution in [2.75, 3.05) is 6.61 Å². The molecule has 0 bridgehead atoms. The van der Waals surface area contributed by atoms with Gasteiger partial charge in [0.25, 0.3) is 0 Å². The lowest BCUT2D eigenvalue weighted by Crippen LogP contribution is -2.27. The molecule has 132 valence electrons. The van der Waals surface area contributed by atoms with E-state index < -0.39 is 39.0 Å². The normalized spacial score (nSPS) is 25.6. The maximum atomic E-state index is 13.1. The van der Waals surface area contributed by atoms with E-state index in [1.807, 2.05) is 6.92 Å². The van der Waals surface area contributed by atoms with Crippen molar-refractivity contribution in [2.24, 2.45) is 5.41 Å². The van der Waals surface area contributed by atoms with Crippen LogP contribution in [0.5, 0.6) is 0 Å². The van der Waals surface area contributed by atoms with Crippen molar-refractivity contribution in [2.45, 2.75) is 23.0 Å². The predicted octanol–water partition coefficient (Wildman–Crippen LogP) is 2.76. The van der Waals surface area contributed by atoms with E-state index in [1.165, 1.54) is 12.1 Å². The molecule has 2 aromatic rings. The fourth-order valence-electron chi connectivity index (χ4n) is 3.39. The van der Waals surface area contributed by atoms with Crippen LogP contribution in [0.4, 0.5) is 0 Å². The highest BCUT2D eigenvalue weighted by Crippen LogP contribution is 2.64. The third-order valence-electron chi connectivity index (χ3n) is 4.83. The molecule has 0 heterocycles. The SMILES string of the molecule is Cc1ccc(S(=O)(=O)[C@@H]2[C@@H](c3ccc(Br)cc3)[C@]2(CO)C(=O)O)cc1. The molecule has 1 aliphatic rings. The van der Waals surface area contributed by atoms with Crippen LogP contribution >= 0.6 is 15.9 Å². The van der Waals surface area contributed by atoms with Gasteiger partial charge in [0.15, 0.2) is 9.84 Å². The first-order chi connectivity index (χ1) is 11.7. The quantitative estimate of drug-likeness (QED) is 0.769. The van der Waals surface area contributed by atoms with Gasteiger partial charge in [-0.25, -0.2) is 8.42 Å². The molecule has 1 aliphatic carbocycles. The Balaban J connectivity index is 2.10. The number of halogens is 1. The fraction of sp³-hybridized carbons (Fsp3) is 0.278. The minimum atomic E-state index is -3.91. The number of benzene rings is 2. The Hall–Kier alpha value is -1.70. The van der Waals surface area contributed by atoms with Crippen molar-refractivity contribution < 1.29 is 23.4 Å². The van der Waals surface area contributed by atoms with Crippen LogP contribution in [0.15, 0.2) is 57.9 Å². The van der Waals surface area contributed by atoms with Crippen LogP contribution in [0.3, 0.4) is 0 Å². The molecule has 0 spiro atoms. The molecule has 1 fully saturated rings. The minimum absolute atomic E-state index is 0.0711. The van der Waals surface area contributed by atoms with Gasteiger partial charge < -0.3 is 10.2 Å². The Morgan fingerprint density at radius 3 is 2.16 bits per heavy atom. The van der Waals surface area contributed by atoms with Crippen molar-refractivity contribution in [1.82, 2.24) is 0 Å². The van der Waals surface area contributed by atoms with Gasteiger partial charge in [0.2, 0.25) is 0 Å².